The molecule has 0 saturated heterocycles. The van der Waals surface area contributed by atoms with Gasteiger partial charge in [0.2, 0.25) is 0 Å². The molecule has 1 aromatic carbocycles. The highest BCUT2D eigenvalue weighted by Crippen LogP contribution is 2.27. The van der Waals surface area contributed by atoms with Gasteiger partial charge in [0.05, 0.1) is 28.2 Å². The molecular formula is C13H17Cl2NO4S. The lowest BCUT2D eigenvalue weighted by Crippen LogP contribution is -2.31. The number of rotatable bonds is 6. The van der Waals surface area contributed by atoms with Gasteiger partial charge in [-0.25, -0.2) is 8.42 Å². The normalized spacial score (nSPS) is 11.7. The zero-order valence-corrected chi connectivity index (χ0v) is 14.3. The largest absolute Gasteiger partial charge is 0.377 e. The van der Waals surface area contributed by atoms with Gasteiger partial charge in [0, 0.05) is 24.3 Å². The molecule has 0 heterocycles. The molecule has 0 aliphatic carbocycles. The van der Waals surface area contributed by atoms with Gasteiger partial charge < -0.3 is 9.64 Å². The monoisotopic (exact) mass is 353 g/mol. The van der Waals surface area contributed by atoms with E-state index in [1.54, 1.807) is 7.05 Å². The quantitative estimate of drug-likeness (QED) is 0.737. The first-order chi connectivity index (χ1) is 9.64. The Kier molecular flexibility index (Phi) is 6.46. The summed E-state index contributed by atoms with van der Waals surface area (Å²) in [6.45, 7) is 4.42. The van der Waals surface area contributed by atoms with E-state index in [4.69, 9.17) is 27.0 Å². The van der Waals surface area contributed by atoms with Crippen molar-refractivity contribution in [3.63, 3.8) is 0 Å². The summed E-state index contributed by atoms with van der Waals surface area (Å²) in [5, 5.41) is 0.0401. The van der Waals surface area contributed by atoms with Gasteiger partial charge in [0.1, 0.15) is 0 Å². The first-order valence-electron chi connectivity index (χ1n) is 6.25. The molecule has 8 heteroatoms. The summed E-state index contributed by atoms with van der Waals surface area (Å²) in [5.74, 6) is -0.521. The molecule has 0 radical (unpaired) electrons. The van der Waals surface area contributed by atoms with Crippen molar-refractivity contribution in [1.29, 1.82) is 0 Å². The Labute approximate surface area is 134 Å². The zero-order chi connectivity index (χ0) is 16.2. The lowest BCUT2D eigenvalue weighted by atomic mass is 10.2. The zero-order valence-electron chi connectivity index (χ0n) is 12.0. The molecule has 0 aliphatic rings. The molecule has 0 atom stereocenters. The van der Waals surface area contributed by atoms with Crippen LogP contribution < -0.4 is 0 Å². The maximum Gasteiger partial charge on any atom is 0.262 e. The molecule has 0 N–H and O–H groups in total. The third kappa shape index (κ3) is 5.14. The fraction of sp³-hybridized carbons (Fsp3) is 0.462. The highest BCUT2D eigenvalue weighted by atomic mass is 35.7. The van der Waals surface area contributed by atoms with Crippen molar-refractivity contribution in [3.05, 3.63) is 28.8 Å². The molecule has 1 amide bonds. The Morgan fingerprint density at radius 3 is 2.52 bits per heavy atom. The summed E-state index contributed by atoms with van der Waals surface area (Å²) < 4.78 is 28.5. The molecule has 0 fully saturated rings. The van der Waals surface area contributed by atoms with Gasteiger partial charge >= 0.3 is 0 Å². The maximum atomic E-state index is 12.4. The van der Waals surface area contributed by atoms with Crippen molar-refractivity contribution in [2.45, 2.75) is 24.8 Å². The molecule has 1 aromatic rings. The van der Waals surface area contributed by atoms with Gasteiger partial charge in [-0.2, -0.15) is 0 Å². The lowest BCUT2D eigenvalue weighted by molar-refractivity contribution is 0.0530. The number of hydrogen-bond donors (Lipinski definition) is 0. The Morgan fingerprint density at radius 1 is 1.38 bits per heavy atom. The van der Waals surface area contributed by atoms with E-state index < -0.39 is 15.0 Å². The second kappa shape index (κ2) is 7.45. The van der Waals surface area contributed by atoms with E-state index in [9.17, 15) is 13.2 Å². The summed E-state index contributed by atoms with van der Waals surface area (Å²) in [6.07, 6.45) is 0.0487. The van der Waals surface area contributed by atoms with E-state index in [0.717, 1.165) is 0 Å². The average Bonchev–Trinajstić information content (AvgIpc) is 2.36. The van der Waals surface area contributed by atoms with Crippen molar-refractivity contribution >= 4 is 37.2 Å². The molecule has 21 heavy (non-hydrogen) atoms. The van der Waals surface area contributed by atoms with E-state index >= 15 is 0 Å². The van der Waals surface area contributed by atoms with E-state index in [1.807, 2.05) is 13.8 Å². The third-order valence-corrected chi connectivity index (χ3v) is 4.36. The maximum absolute atomic E-state index is 12.4. The van der Waals surface area contributed by atoms with Gasteiger partial charge in [-0.15, -0.1) is 0 Å². The molecular weight excluding hydrogens is 337 g/mol. The van der Waals surface area contributed by atoms with Gasteiger partial charge in [0.15, 0.2) is 0 Å². The highest BCUT2D eigenvalue weighted by molar-refractivity contribution is 8.13. The summed E-state index contributed by atoms with van der Waals surface area (Å²) in [6, 6.07) is 4.12. The van der Waals surface area contributed by atoms with Crippen molar-refractivity contribution in [1.82, 2.24) is 4.90 Å². The number of carbonyl (C=O) groups excluding carboxylic acids is 1. The van der Waals surface area contributed by atoms with Crippen molar-refractivity contribution in [2.75, 3.05) is 20.2 Å². The van der Waals surface area contributed by atoms with Crippen LogP contribution in [0.1, 0.15) is 24.2 Å². The van der Waals surface area contributed by atoms with Crippen LogP contribution in [0.5, 0.6) is 0 Å². The van der Waals surface area contributed by atoms with Gasteiger partial charge in [-0.3, -0.25) is 4.79 Å². The average molecular weight is 354 g/mol. The molecule has 0 spiro atoms. The second-order valence-electron chi connectivity index (χ2n) is 4.70. The first-order valence-corrected chi connectivity index (χ1v) is 8.93. The van der Waals surface area contributed by atoms with E-state index in [1.165, 1.54) is 23.1 Å². The summed E-state index contributed by atoms with van der Waals surface area (Å²) in [5.41, 5.74) is -0.124. The topological polar surface area (TPSA) is 63.7 Å². The fourth-order valence-corrected chi connectivity index (χ4v) is 3.01. The predicted molar refractivity (Wildman–Crippen MR) is 82.5 cm³/mol. The predicted octanol–water partition coefficient (Wildman–Crippen LogP) is 2.76. The van der Waals surface area contributed by atoms with Crippen LogP contribution in [-0.2, 0) is 13.8 Å². The molecule has 0 aliphatic heterocycles. The van der Waals surface area contributed by atoms with Gasteiger partial charge in [0.25, 0.3) is 15.0 Å². The highest BCUT2D eigenvalue weighted by Gasteiger charge is 2.25. The van der Waals surface area contributed by atoms with Gasteiger partial charge in [-0.1, -0.05) is 17.7 Å². The Hall–Kier alpha value is -0.820. The summed E-state index contributed by atoms with van der Waals surface area (Å²) >= 11 is 5.96. The van der Waals surface area contributed by atoms with Crippen LogP contribution in [0.25, 0.3) is 0 Å². The van der Waals surface area contributed by atoms with Crippen LogP contribution in [0.2, 0.25) is 5.02 Å². The number of likely N-dealkylation sites (N-methyl/N-ethyl adjacent to an activating group) is 1. The smallest absolute Gasteiger partial charge is 0.262 e. The van der Waals surface area contributed by atoms with Gasteiger partial charge in [-0.05, 0) is 26.0 Å². The first kappa shape index (κ1) is 18.2. The minimum atomic E-state index is -4.06. The Balaban J connectivity index is 3.02. The molecule has 118 valence electrons. The standard InChI is InChI=1S/C13H17Cl2NO4S/c1-9(2)20-8-7-16(3)13(17)12-10(14)5-4-6-11(12)21(15,18)19/h4-6,9H,7-8H2,1-3H3. The van der Waals surface area contributed by atoms with E-state index in [2.05, 4.69) is 0 Å². The third-order valence-electron chi connectivity index (χ3n) is 2.68. The number of carbonyl (C=O) groups is 1. The van der Waals surface area contributed by atoms with Crippen LogP contribution in [0.4, 0.5) is 0 Å². The van der Waals surface area contributed by atoms with E-state index in [0.29, 0.717) is 13.2 Å². The summed E-state index contributed by atoms with van der Waals surface area (Å²) in [7, 11) is 2.83. The molecule has 0 bridgehead atoms. The van der Waals surface area contributed by atoms with Crippen LogP contribution in [0.3, 0.4) is 0 Å². The molecule has 0 unspecified atom stereocenters. The van der Waals surface area contributed by atoms with Crippen molar-refractivity contribution in [3.8, 4) is 0 Å². The second-order valence-corrected chi connectivity index (χ2v) is 7.64. The molecule has 5 nitrogen and oxygen atoms in total. The minimum Gasteiger partial charge on any atom is -0.377 e. The Bertz CT molecular complexity index is 617. The molecule has 1 rings (SSSR count). The molecule has 0 aromatic heterocycles. The van der Waals surface area contributed by atoms with Crippen molar-refractivity contribution < 1.29 is 17.9 Å². The number of nitrogens with zero attached hydrogens (tertiary/aromatic N) is 1. The van der Waals surface area contributed by atoms with Crippen LogP contribution in [0.15, 0.2) is 23.1 Å². The SMILES string of the molecule is CC(C)OCCN(C)C(=O)c1c(Cl)cccc1S(=O)(=O)Cl. The number of benzene rings is 1. The van der Waals surface area contributed by atoms with Crippen molar-refractivity contribution in [2.24, 2.45) is 0 Å². The fourth-order valence-electron chi connectivity index (χ4n) is 1.63. The number of amides is 1. The van der Waals surface area contributed by atoms with E-state index in [-0.39, 0.29) is 21.6 Å². The number of hydrogen-bond acceptors (Lipinski definition) is 4. The minimum absolute atomic E-state index is 0.0401. The lowest BCUT2D eigenvalue weighted by Gasteiger charge is -2.19. The van der Waals surface area contributed by atoms with Crippen LogP contribution in [0, 0.1) is 0 Å². The number of ether oxygens (including phenoxy) is 1. The van der Waals surface area contributed by atoms with Crippen LogP contribution >= 0.6 is 22.3 Å². The number of halogens is 2. The van der Waals surface area contributed by atoms with Crippen LogP contribution in [-0.4, -0.2) is 45.5 Å². The Morgan fingerprint density at radius 2 is 2.00 bits per heavy atom. The molecule has 0 saturated carbocycles. The summed E-state index contributed by atoms with van der Waals surface area (Å²) in [4.78, 5) is 13.4.